The van der Waals surface area contributed by atoms with Gasteiger partial charge in [-0.05, 0) is 55.9 Å². The minimum Gasteiger partial charge on any atom is -0.468 e. The predicted octanol–water partition coefficient (Wildman–Crippen LogP) is 4.72. The van der Waals surface area contributed by atoms with Gasteiger partial charge in [0, 0.05) is 11.4 Å². The SMILES string of the molecule is C[C@H](C(=O)N1N=C(c2ccc(Cl)cc2)C[C@@H]1c1ccco1)N(C)Cc1ccco1. The number of hydrazone groups is 1. The minimum atomic E-state index is -0.383. The highest BCUT2D eigenvalue weighted by Crippen LogP contribution is 2.34. The molecule has 150 valence electrons. The highest BCUT2D eigenvalue weighted by atomic mass is 35.5. The topological polar surface area (TPSA) is 62.2 Å². The lowest BCUT2D eigenvalue weighted by atomic mass is 10.0. The summed E-state index contributed by atoms with van der Waals surface area (Å²) in [7, 11) is 1.90. The van der Waals surface area contributed by atoms with Crippen molar-refractivity contribution in [3.05, 3.63) is 83.2 Å². The van der Waals surface area contributed by atoms with E-state index in [1.807, 2.05) is 67.4 Å². The van der Waals surface area contributed by atoms with E-state index in [-0.39, 0.29) is 18.0 Å². The number of benzene rings is 1. The second-order valence-electron chi connectivity index (χ2n) is 7.14. The number of carbonyl (C=O) groups excluding carboxylic acids is 1. The molecule has 29 heavy (non-hydrogen) atoms. The van der Waals surface area contributed by atoms with Crippen LogP contribution in [0.3, 0.4) is 0 Å². The Bertz CT molecular complexity index is 981. The Labute approximate surface area is 174 Å². The fourth-order valence-electron chi connectivity index (χ4n) is 3.40. The highest BCUT2D eigenvalue weighted by Gasteiger charge is 2.37. The summed E-state index contributed by atoms with van der Waals surface area (Å²) >= 11 is 6.01. The van der Waals surface area contributed by atoms with Crippen LogP contribution in [0.5, 0.6) is 0 Å². The van der Waals surface area contributed by atoms with E-state index in [0.29, 0.717) is 23.7 Å². The van der Waals surface area contributed by atoms with Crippen LogP contribution in [0.2, 0.25) is 5.02 Å². The zero-order chi connectivity index (χ0) is 20.4. The second kappa shape index (κ2) is 8.27. The van der Waals surface area contributed by atoms with E-state index in [2.05, 4.69) is 5.10 Å². The Hall–Kier alpha value is -2.83. The number of hydrogen-bond donors (Lipinski definition) is 0. The first-order chi connectivity index (χ1) is 14.0. The Morgan fingerprint density at radius 1 is 1.21 bits per heavy atom. The van der Waals surface area contributed by atoms with Crippen LogP contribution in [0.1, 0.15) is 36.5 Å². The molecule has 3 aromatic rings. The molecule has 1 aliphatic heterocycles. The molecule has 0 N–H and O–H groups in total. The summed E-state index contributed by atoms with van der Waals surface area (Å²) in [6.45, 7) is 2.41. The van der Waals surface area contributed by atoms with Gasteiger partial charge in [0.15, 0.2) is 0 Å². The summed E-state index contributed by atoms with van der Waals surface area (Å²) in [5.41, 5.74) is 1.77. The van der Waals surface area contributed by atoms with Gasteiger partial charge in [-0.2, -0.15) is 5.10 Å². The molecule has 0 bridgehead atoms. The van der Waals surface area contributed by atoms with Crippen LogP contribution in [-0.2, 0) is 11.3 Å². The van der Waals surface area contributed by atoms with Crippen LogP contribution in [0.25, 0.3) is 0 Å². The number of halogens is 1. The van der Waals surface area contributed by atoms with E-state index >= 15 is 0 Å². The Balaban J connectivity index is 1.58. The van der Waals surface area contributed by atoms with Crippen molar-refractivity contribution in [3.8, 4) is 0 Å². The lowest BCUT2D eigenvalue weighted by Crippen LogP contribution is -2.43. The first kappa shape index (κ1) is 19.5. The van der Waals surface area contributed by atoms with Gasteiger partial charge >= 0.3 is 0 Å². The van der Waals surface area contributed by atoms with Crippen molar-refractivity contribution in [1.29, 1.82) is 0 Å². The molecule has 7 heteroatoms. The number of likely N-dealkylation sites (N-methyl/N-ethyl adjacent to an activating group) is 1. The van der Waals surface area contributed by atoms with E-state index < -0.39 is 0 Å². The van der Waals surface area contributed by atoms with Crippen LogP contribution in [0, 0.1) is 0 Å². The van der Waals surface area contributed by atoms with Crippen molar-refractivity contribution >= 4 is 23.2 Å². The Morgan fingerprint density at radius 3 is 2.59 bits per heavy atom. The smallest absolute Gasteiger partial charge is 0.260 e. The molecule has 0 aliphatic carbocycles. The normalized spacial score (nSPS) is 17.6. The largest absolute Gasteiger partial charge is 0.468 e. The van der Waals surface area contributed by atoms with Gasteiger partial charge in [0.1, 0.15) is 17.6 Å². The zero-order valence-electron chi connectivity index (χ0n) is 16.3. The fraction of sp³-hybridized carbons (Fsp3) is 0.273. The molecule has 0 fully saturated rings. The van der Waals surface area contributed by atoms with Crippen molar-refractivity contribution in [3.63, 3.8) is 0 Å². The van der Waals surface area contributed by atoms with Gasteiger partial charge in [0.25, 0.3) is 5.91 Å². The molecule has 3 heterocycles. The van der Waals surface area contributed by atoms with Gasteiger partial charge in [-0.25, -0.2) is 5.01 Å². The van der Waals surface area contributed by atoms with Gasteiger partial charge in [-0.3, -0.25) is 9.69 Å². The molecule has 4 rings (SSSR count). The monoisotopic (exact) mass is 411 g/mol. The van der Waals surface area contributed by atoms with Crippen LogP contribution in [0.15, 0.2) is 75.0 Å². The van der Waals surface area contributed by atoms with Crippen molar-refractivity contribution in [2.75, 3.05) is 7.05 Å². The molecule has 0 radical (unpaired) electrons. The third kappa shape index (κ3) is 4.13. The lowest BCUT2D eigenvalue weighted by molar-refractivity contribution is -0.138. The highest BCUT2D eigenvalue weighted by molar-refractivity contribution is 6.30. The van der Waals surface area contributed by atoms with Gasteiger partial charge < -0.3 is 8.83 Å². The molecule has 0 spiro atoms. The molecule has 1 aromatic carbocycles. The summed E-state index contributed by atoms with van der Waals surface area (Å²) in [6, 6.07) is 14.3. The van der Waals surface area contributed by atoms with Gasteiger partial charge in [-0.1, -0.05) is 23.7 Å². The molecule has 1 amide bonds. The number of amides is 1. The number of hydrogen-bond acceptors (Lipinski definition) is 5. The Morgan fingerprint density at radius 2 is 1.93 bits per heavy atom. The maximum absolute atomic E-state index is 13.3. The third-order valence-corrected chi connectivity index (χ3v) is 5.44. The molecule has 1 aliphatic rings. The van der Waals surface area contributed by atoms with Crippen molar-refractivity contribution in [2.24, 2.45) is 5.10 Å². The summed E-state index contributed by atoms with van der Waals surface area (Å²) in [6.07, 6.45) is 3.83. The van der Waals surface area contributed by atoms with E-state index in [4.69, 9.17) is 20.4 Å². The molecular formula is C22H22ClN3O3. The predicted molar refractivity (Wildman–Crippen MR) is 111 cm³/mol. The average Bonchev–Trinajstić information content (AvgIpc) is 3.48. The average molecular weight is 412 g/mol. The van der Waals surface area contributed by atoms with Crippen LogP contribution in [-0.4, -0.2) is 34.6 Å². The van der Waals surface area contributed by atoms with E-state index in [0.717, 1.165) is 17.0 Å². The number of rotatable bonds is 6. The summed E-state index contributed by atoms with van der Waals surface area (Å²) in [4.78, 5) is 15.3. The lowest BCUT2D eigenvalue weighted by Gasteiger charge is -2.28. The van der Waals surface area contributed by atoms with Crippen LogP contribution < -0.4 is 0 Å². The first-order valence-electron chi connectivity index (χ1n) is 9.45. The maximum atomic E-state index is 13.3. The minimum absolute atomic E-state index is 0.0931. The van der Waals surface area contributed by atoms with Gasteiger partial charge in [0.2, 0.25) is 0 Å². The maximum Gasteiger partial charge on any atom is 0.260 e. The van der Waals surface area contributed by atoms with Crippen LogP contribution in [0.4, 0.5) is 0 Å². The molecule has 6 nitrogen and oxygen atoms in total. The quantitative estimate of drug-likeness (QED) is 0.588. The molecule has 0 saturated carbocycles. The number of nitrogens with zero attached hydrogens (tertiary/aromatic N) is 3. The van der Waals surface area contributed by atoms with Gasteiger partial charge in [-0.15, -0.1) is 0 Å². The van der Waals surface area contributed by atoms with Crippen LogP contribution >= 0.6 is 11.6 Å². The van der Waals surface area contributed by atoms with Gasteiger partial charge in [0.05, 0.1) is 30.8 Å². The summed E-state index contributed by atoms with van der Waals surface area (Å²) < 4.78 is 11.0. The van der Waals surface area contributed by atoms with Crippen molar-refractivity contribution < 1.29 is 13.6 Å². The summed E-state index contributed by atoms with van der Waals surface area (Å²) in [5, 5.41) is 6.88. The first-order valence-corrected chi connectivity index (χ1v) is 9.83. The molecular weight excluding hydrogens is 390 g/mol. The third-order valence-electron chi connectivity index (χ3n) is 5.19. The number of furan rings is 2. The van der Waals surface area contributed by atoms with E-state index in [1.54, 1.807) is 17.5 Å². The summed E-state index contributed by atoms with van der Waals surface area (Å²) in [5.74, 6) is 1.43. The molecule has 2 aromatic heterocycles. The molecule has 2 atom stereocenters. The zero-order valence-corrected chi connectivity index (χ0v) is 17.0. The van der Waals surface area contributed by atoms with E-state index in [9.17, 15) is 4.79 Å². The number of carbonyl (C=O) groups is 1. The molecule has 0 saturated heterocycles. The standard InChI is InChI=1S/C22H22ClN3O3/c1-15(25(2)14-18-5-3-11-28-18)22(27)26-20(21-6-4-12-29-21)13-19(24-26)16-7-9-17(23)10-8-16/h3-12,15,20H,13-14H2,1-2H3/t15-,20-/m1/s1. The second-order valence-corrected chi connectivity index (χ2v) is 7.58. The van der Waals surface area contributed by atoms with Crippen molar-refractivity contribution in [1.82, 2.24) is 9.91 Å². The van der Waals surface area contributed by atoms with Crippen molar-refractivity contribution in [2.45, 2.75) is 32.0 Å². The fourth-order valence-corrected chi connectivity index (χ4v) is 3.52. The van der Waals surface area contributed by atoms with E-state index in [1.165, 1.54) is 0 Å². The Kier molecular flexibility index (Phi) is 5.56. The molecule has 0 unspecified atom stereocenters.